The molecule has 1 aliphatic carbocycles. The highest BCUT2D eigenvalue weighted by molar-refractivity contribution is 5.81. The van der Waals surface area contributed by atoms with Crippen molar-refractivity contribution in [3.8, 4) is 0 Å². The largest absolute Gasteiger partial charge is 0.493 e. The van der Waals surface area contributed by atoms with Gasteiger partial charge in [-0.1, -0.05) is 73.9 Å². The first-order chi connectivity index (χ1) is 15.6. The maximum absolute atomic E-state index is 11.0. The van der Waals surface area contributed by atoms with Crippen LogP contribution in [0.5, 0.6) is 0 Å². The number of esters is 1. The van der Waals surface area contributed by atoms with E-state index in [9.17, 15) is 4.79 Å². The summed E-state index contributed by atoms with van der Waals surface area (Å²) < 4.78 is 16.1. The van der Waals surface area contributed by atoms with Crippen molar-refractivity contribution in [3.05, 3.63) is 115 Å². The van der Waals surface area contributed by atoms with Crippen LogP contribution in [0, 0.1) is 6.42 Å². The molecule has 0 saturated carbocycles. The number of carbonyl (C=O) groups is 1. The number of rotatable bonds is 14. The molecule has 0 fully saturated rings. The molecule has 0 saturated heterocycles. The lowest BCUT2D eigenvalue weighted by molar-refractivity contribution is -0.134. The minimum Gasteiger partial charge on any atom is -0.493 e. The molecule has 0 unspecified atom stereocenters. The van der Waals surface area contributed by atoms with E-state index in [4.69, 9.17) is 9.47 Å². The highest BCUT2D eigenvalue weighted by atomic mass is 16.5. The summed E-state index contributed by atoms with van der Waals surface area (Å²) in [7, 11) is 1.34. The van der Waals surface area contributed by atoms with Crippen LogP contribution in [-0.2, 0) is 25.5 Å². The summed E-state index contributed by atoms with van der Waals surface area (Å²) >= 11 is 0. The van der Waals surface area contributed by atoms with Crippen molar-refractivity contribution in [2.24, 2.45) is 0 Å². The maximum atomic E-state index is 11.0. The molecule has 5 heteroatoms. The van der Waals surface area contributed by atoms with E-state index in [1.165, 1.54) is 18.7 Å². The lowest BCUT2D eigenvalue weighted by Gasteiger charge is -2.24. The minimum absolute atomic E-state index is 0.154. The van der Waals surface area contributed by atoms with Crippen LogP contribution in [0.3, 0.4) is 0 Å². The van der Waals surface area contributed by atoms with Crippen molar-refractivity contribution < 1.29 is 19.0 Å². The van der Waals surface area contributed by atoms with E-state index in [-0.39, 0.29) is 6.10 Å². The van der Waals surface area contributed by atoms with Gasteiger partial charge in [-0.2, -0.15) is 0 Å². The Morgan fingerprint density at radius 1 is 1.22 bits per heavy atom. The smallest absolute Gasteiger partial charge is 0.330 e. The van der Waals surface area contributed by atoms with Gasteiger partial charge in [0.2, 0.25) is 0 Å². The second-order valence-electron chi connectivity index (χ2n) is 7.07. The molecule has 1 aliphatic rings. The third kappa shape index (κ3) is 9.77. The van der Waals surface area contributed by atoms with Gasteiger partial charge in [-0.25, -0.2) is 4.79 Å². The van der Waals surface area contributed by atoms with Crippen LogP contribution in [0.25, 0.3) is 0 Å². The average Bonchev–Trinajstić information content (AvgIpc) is 2.82. The summed E-state index contributed by atoms with van der Waals surface area (Å²) in [6.07, 6.45) is 16.1. The molecular weight excluding hydrogens is 402 g/mol. The summed E-state index contributed by atoms with van der Waals surface area (Å²) in [5.74, 6) is 0.397. The summed E-state index contributed by atoms with van der Waals surface area (Å²) in [4.78, 5) is 13.4. The highest BCUT2D eigenvalue weighted by Gasteiger charge is 2.11. The Morgan fingerprint density at radius 3 is 2.69 bits per heavy atom. The second kappa shape index (κ2) is 14.8. The number of methoxy groups -OCH3 is 1. The molecule has 0 aromatic heterocycles. The Kier molecular flexibility index (Phi) is 11.6. The number of allylic oxidation sites excluding steroid dienone is 3. The van der Waals surface area contributed by atoms with Gasteiger partial charge in [-0.15, -0.1) is 0 Å². The predicted molar refractivity (Wildman–Crippen MR) is 129 cm³/mol. The maximum Gasteiger partial charge on any atom is 0.330 e. The normalized spacial score (nSPS) is 16.1. The summed E-state index contributed by atoms with van der Waals surface area (Å²) in [5, 5.41) is 0. The zero-order valence-electron chi connectivity index (χ0n) is 18.7. The van der Waals surface area contributed by atoms with Gasteiger partial charge in [0.15, 0.2) is 0 Å². The van der Waals surface area contributed by atoms with Crippen molar-refractivity contribution in [1.29, 1.82) is 0 Å². The molecule has 1 aromatic carbocycles. The van der Waals surface area contributed by atoms with Crippen molar-refractivity contribution >= 4 is 5.97 Å². The zero-order chi connectivity index (χ0) is 23.0. The van der Waals surface area contributed by atoms with Gasteiger partial charge in [-0.05, 0) is 23.3 Å². The van der Waals surface area contributed by atoms with E-state index in [1.807, 2.05) is 42.9 Å². The summed E-state index contributed by atoms with van der Waals surface area (Å²) in [6.45, 7) is 10.9. The van der Waals surface area contributed by atoms with Crippen molar-refractivity contribution in [1.82, 2.24) is 4.90 Å². The van der Waals surface area contributed by atoms with Gasteiger partial charge in [0.25, 0.3) is 0 Å². The molecule has 2 rings (SSSR count). The molecule has 0 bridgehead atoms. The Balaban J connectivity index is 1.81. The van der Waals surface area contributed by atoms with E-state index < -0.39 is 5.97 Å². The lowest BCUT2D eigenvalue weighted by Crippen LogP contribution is -2.29. The lowest BCUT2D eigenvalue weighted by atomic mass is 10.1. The SMILES string of the molecule is C=C/C=C(\C=C)CN(CCOC1=C[CH][C@H](OC/C=C/C(=O)OC)C=C1)Cc1ccccc1. The topological polar surface area (TPSA) is 48.0 Å². The molecule has 1 atom stereocenters. The molecule has 0 spiro atoms. The highest BCUT2D eigenvalue weighted by Crippen LogP contribution is 2.14. The molecule has 0 aliphatic heterocycles. The van der Waals surface area contributed by atoms with Crippen LogP contribution in [0.1, 0.15) is 5.56 Å². The number of hydrogen-bond acceptors (Lipinski definition) is 5. The van der Waals surface area contributed by atoms with Gasteiger partial charge in [0.1, 0.15) is 12.4 Å². The second-order valence-corrected chi connectivity index (χ2v) is 7.07. The molecule has 5 nitrogen and oxygen atoms in total. The molecule has 1 radical (unpaired) electrons. The Hall–Kier alpha value is -3.15. The van der Waals surface area contributed by atoms with Crippen LogP contribution < -0.4 is 0 Å². The van der Waals surface area contributed by atoms with Crippen LogP contribution in [0.15, 0.2) is 103 Å². The van der Waals surface area contributed by atoms with Crippen molar-refractivity contribution in [3.63, 3.8) is 0 Å². The Morgan fingerprint density at radius 2 is 2.03 bits per heavy atom. The predicted octanol–water partition coefficient (Wildman–Crippen LogP) is 4.58. The molecule has 0 heterocycles. The fourth-order valence-electron chi connectivity index (χ4n) is 3.03. The molecule has 169 valence electrons. The first-order valence-corrected chi connectivity index (χ1v) is 10.6. The van der Waals surface area contributed by atoms with Gasteiger partial charge >= 0.3 is 5.97 Å². The number of ether oxygens (including phenoxy) is 3. The van der Waals surface area contributed by atoms with Gasteiger partial charge in [0.05, 0.1) is 19.8 Å². The Labute approximate surface area is 191 Å². The molecule has 0 N–H and O–H groups in total. The van der Waals surface area contributed by atoms with E-state index >= 15 is 0 Å². The monoisotopic (exact) mass is 434 g/mol. The van der Waals surface area contributed by atoms with Crippen LogP contribution in [-0.4, -0.2) is 50.4 Å². The molecule has 1 aromatic rings. The van der Waals surface area contributed by atoms with Crippen molar-refractivity contribution in [2.75, 3.05) is 33.4 Å². The first kappa shape index (κ1) is 25.1. The van der Waals surface area contributed by atoms with E-state index in [2.05, 4.69) is 47.1 Å². The summed E-state index contributed by atoms with van der Waals surface area (Å²) in [5.41, 5.74) is 2.36. The average molecular weight is 435 g/mol. The molecule has 0 amide bonds. The fourth-order valence-corrected chi connectivity index (χ4v) is 3.03. The quantitative estimate of drug-likeness (QED) is 0.244. The van der Waals surface area contributed by atoms with Crippen LogP contribution in [0.4, 0.5) is 0 Å². The number of benzene rings is 1. The molecule has 32 heavy (non-hydrogen) atoms. The third-order valence-electron chi connectivity index (χ3n) is 4.67. The van der Waals surface area contributed by atoms with Gasteiger partial charge in [0, 0.05) is 32.1 Å². The third-order valence-corrected chi connectivity index (χ3v) is 4.67. The molecular formula is C27H32NO4. The van der Waals surface area contributed by atoms with E-state index in [0.29, 0.717) is 13.2 Å². The first-order valence-electron chi connectivity index (χ1n) is 10.6. The summed E-state index contributed by atoms with van der Waals surface area (Å²) in [6, 6.07) is 10.4. The minimum atomic E-state index is -0.395. The number of carbonyl (C=O) groups excluding carboxylic acids is 1. The van der Waals surface area contributed by atoms with E-state index in [0.717, 1.165) is 31.0 Å². The van der Waals surface area contributed by atoms with Crippen LogP contribution in [0.2, 0.25) is 0 Å². The fraction of sp³-hybridized carbons (Fsp3) is 0.259. The van der Waals surface area contributed by atoms with E-state index in [1.54, 1.807) is 12.2 Å². The Bertz CT molecular complexity index is 852. The number of nitrogens with zero attached hydrogens (tertiary/aromatic N) is 1. The standard InChI is InChI=1S/C27H32NO4/c1-4-10-23(5-2)21-28(22-24-11-7-6-8-12-24)18-20-32-26-16-14-25(15-17-26)31-19-9-13-27(29)30-3/h4-17,25H,1-2,18-22H2,3H3/b13-9+,23-10+. The number of hydrogen-bond donors (Lipinski definition) is 0. The van der Waals surface area contributed by atoms with Crippen molar-refractivity contribution in [2.45, 2.75) is 12.6 Å². The zero-order valence-corrected chi connectivity index (χ0v) is 18.7. The van der Waals surface area contributed by atoms with Gasteiger partial charge < -0.3 is 14.2 Å². The van der Waals surface area contributed by atoms with Gasteiger partial charge in [-0.3, -0.25) is 4.90 Å². The van der Waals surface area contributed by atoms with Crippen LogP contribution >= 0.6 is 0 Å².